The maximum Gasteiger partial charge on any atom is 0.125 e. The molecule has 0 aliphatic carbocycles. The van der Waals surface area contributed by atoms with Crippen LogP contribution < -0.4 is 0 Å². The molecule has 2 N–H and O–H groups in total. The first-order chi connectivity index (χ1) is 9.45. The number of alkyl halides is 1. The highest BCUT2D eigenvalue weighted by Crippen LogP contribution is 2.27. The predicted molar refractivity (Wildman–Crippen MR) is 76.9 cm³/mol. The van der Waals surface area contributed by atoms with Crippen LogP contribution in [0.15, 0.2) is 30.3 Å². The molecule has 0 radical (unpaired) electrons. The van der Waals surface area contributed by atoms with Gasteiger partial charge in [0.25, 0.3) is 0 Å². The van der Waals surface area contributed by atoms with Crippen LogP contribution >= 0.6 is 11.6 Å². The zero-order valence-corrected chi connectivity index (χ0v) is 12.1. The SMILES string of the molecule is Cc1cc(C(O)C(O)CCl)c(C)n1-c1cccc(F)c1. The van der Waals surface area contributed by atoms with Gasteiger partial charge in [-0.15, -0.1) is 11.6 Å². The summed E-state index contributed by atoms with van der Waals surface area (Å²) in [5, 5.41) is 19.8. The van der Waals surface area contributed by atoms with Crippen LogP contribution in [0, 0.1) is 19.7 Å². The highest BCUT2D eigenvalue weighted by atomic mass is 35.5. The Balaban J connectivity index is 2.49. The summed E-state index contributed by atoms with van der Waals surface area (Å²) in [6.07, 6.45) is -2.08. The van der Waals surface area contributed by atoms with Gasteiger partial charge in [0.15, 0.2) is 0 Å². The largest absolute Gasteiger partial charge is 0.389 e. The third-order valence-corrected chi connectivity index (χ3v) is 3.69. The molecule has 1 aromatic carbocycles. The number of aromatic nitrogens is 1. The fourth-order valence-electron chi connectivity index (χ4n) is 2.39. The summed E-state index contributed by atoms with van der Waals surface area (Å²) in [5.74, 6) is -0.372. The van der Waals surface area contributed by atoms with E-state index in [1.54, 1.807) is 18.2 Å². The van der Waals surface area contributed by atoms with Crippen molar-refractivity contribution in [3.63, 3.8) is 0 Å². The fraction of sp³-hybridized carbons (Fsp3) is 0.333. The molecule has 0 saturated heterocycles. The molecule has 2 atom stereocenters. The number of hydrogen-bond acceptors (Lipinski definition) is 2. The molecule has 2 aromatic rings. The van der Waals surface area contributed by atoms with Crippen molar-refractivity contribution in [3.05, 3.63) is 53.1 Å². The van der Waals surface area contributed by atoms with Gasteiger partial charge in [-0.05, 0) is 38.1 Å². The minimum absolute atomic E-state index is 0.0508. The summed E-state index contributed by atoms with van der Waals surface area (Å²) in [5.41, 5.74) is 2.88. The van der Waals surface area contributed by atoms with Crippen molar-refractivity contribution in [2.24, 2.45) is 0 Å². The number of aliphatic hydroxyl groups is 2. The Labute approximate surface area is 122 Å². The van der Waals surface area contributed by atoms with E-state index >= 15 is 0 Å². The van der Waals surface area contributed by atoms with Gasteiger partial charge in [-0.2, -0.15) is 0 Å². The first-order valence-electron chi connectivity index (χ1n) is 6.32. The third kappa shape index (κ3) is 2.73. The summed E-state index contributed by atoms with van der Waals surface area (Å²) in [7, 11) is 0. The van der Waals surface area contributed by atoms with Crippen LogP contribution in [0.25, 0.3) is 5.69 Å². The maximum atomic E-state index is 13.3. The Morgan fingerprint density at radius 2 is 1.95 bits per heavy atom. The lowest BCUT2D eigenvalue weighted by atomic mass is 10.1. The average Bonchev–Trinajstić information content (AvgIpc) is 2.72. The van der Waals surface area contributed by atoms with Crippen LogP contribution in [0.5, 0.6) is 0 Å². The summed E-state index contributed by atoms with van der Waals surface area (Å²) < 4.78 is 15.2. The van der Waals surface area contributed by atoms with Crippen molar-refractivity contribution in [2.75, 3.05) is 5.88 Å². The van der Waals surface area contributed by atoms with Crippen LogP contribution in [0.4, 0.5) is 4.39 Å². The van der Waals surface area contributed by atoms with Crippen LogP contribution in [0.2, 0.25) is 0 Å². The molecule has 0 saturated carbocycles. The molecule has 20 heavy (non-hydrogen) atoms. The molecule has 0 bridgehead atoms. The zero-order chi connectivity index (χ0) is 14.9. The number of aryl methyl sites for hydroxylation is 1. The van der Waals surface area contributed by atoms with E-state index in [2.05, 4.69) is 0 Å². The molecule has 3 nitrogen and oxygen atoms in total. The van der Waals surface area contributed by atoms with Gasteiger partial charge in [0.05, 0.1) is 12.0 Å². The summed E-state index contributed by atoms with van der Waals surface area (Å²) >= 11 is 5.57. The predicted octanol–water partition coefficient (Wildman–Crippen LogP) is 2.87. The standard InChI is InChI=1S/C15H17ClFNO2/c1-9-6-13(15(20)14(19)8-16)10(2)18(9)12-5-3-4-11(17)7-12/h3-7,14-15,19-20H,8H2,1-2H3. The number of nitrogens with zero attached hydrogens (tertiary/aromatic N) is 1. The topological polar surface area (TPSA) is 45.4 Å². The van der Waals surface area contributed by atoms with Crippen molar-refractivity contribution >= 4 is 11.6 Å². The Morgan fingerprint density at radius 1 is 1.25 bits per heavy atom. The van der Waals surface area contributed by atoms with Gasteiger partial charge < -0.3 is 14.8 Å². The second kappa shape index (κ2) is 5.95. The number of hydrogen-bond donors (Lipinski definition) is 2. The Hall–Kier alpha value is -1.36. The van der Waals surface area contributed by atoms with Gasteiger partial charge in [0, 0.05) is 22.6 Å². The van der Waals surface area contributed by atoms with Crippen molar-refractivity contribution in [1.82, 2.24) is 4.57 Å². The third-order valence-electron chi connectivity index (χ3n) is 3.38. The van der Waals surface area contributed by atoms with E-state index in [1.807, 2.05) is 18.4 Å². The molecular weight excluding hydrogens is 281 g/mol. The Kier molecular flexibility index (Phi) is 4.48. The van der Waals surface area contributed by atoms with Crippen LogP contribution in [-0.2, 0) is 0 Å². The van der Waals surface area contributed by atoms with E-state index in [1.165, 1.54) is 12.1 Å². The molecular formula is C15H17ClFNO2. The van der Waals surface area contributed by atoms with Crippen molar-refractivity contribution in [3.8, 4) is 5.69 Å². The number of benzene rings is 1. The van der Waals surface area contributed by atoms with Crippen molar-refractivity contribution in [2.45, 2.75) is 26.1 Å². The molecule has 1 heterocycles. The number of halogens is 2. The molecule has 0 fully saturated rings. The van der Waals surface area contributed by atoms with E-state index in [-0.39, 0.29) is 11.7 Å². The van der Waals surface area contributed by atoms with Gasteiger partial charge in [0.2, 0.25) is 0 Å². The molecule has 2 unspecified atom stereocenters. The molecule has 0 aliphatic heterocycles. The van der Waals surface area contributed by atoms with Gasteiger partial charge in [-0.25, -0.2) is 4.39 Å². The number of aliphatic hydroxyl groups excluding tert-OH is 2. The fourth-order valence-corrected chi connectivity index (χ4v) is 2.56. The quantitative estimate of drug-likeness (QED) is 0.853. The van der Waals surface area contributed by atoms with Crippen LogP contribution in [0.3, 0.4) is 0 Å². The lowest BCUT2D eigenvalue weighted by Gasteiger charge is -2.16. The molecule has 108 valence electrons. The highest BCUT2D eigenvalue weighted by Gasteiger charge is 2.23. The van der Waals surface area contributed by atoms with Gasteiger partial charge in [-0.1, -0.05) is 6.07 Å². The minimum Gasteiger partial charge on any atom is -0.389 e. The van der Waals surface area contributed by atoms with E-state index in [0.717, 1.165) is 11.4 Å². The summed E-state index contributed by atoms with van der Waals surface area (Å²) in [6, 6.07) is 8.00. The van der Waals surface area contributed by atoms with E-state index in [9.17, 15) is 14.6 Å². The van der Waals surface area contributed by atoms with Gasteiger partial charge >= 0.3 is 0 Å². The zero-order valence-electron chi connectivity index (χ0n) is 11.3. The second-order valence-electron chi connectivity index (χ2n) is 4.81. The average molecular weight is 298 g/mol. The van der Waals surface area contributed by atoms with E-state index < -0.39 is 12.2 Å². The molecule has 1 aromatic heterocycles. The Bertz CT molecular complexity index is 612. The molecule has 5 heteroatoms. The van der Waals surface area contributed by atoms with E-state index in [0.29, 0.717) is 11.3 Å². The smallest absolute Gasteiger partial charge is 0.125 e. The minimum atomic E-state index is -1.05. The van der Waals surface area contributed by atoms with Gasteiger partial charge in [-0.3, -0.25) is 0 Å². The van der Waals surface area contributed by atoms with Crippen LogP contribution in [-0.4, -0.2) is 26.8 Å². The molecule has 0 aliphatic rings. The summed E-state index contributed by atoms with van der Waals surface area (Å²) in [4.78, 5) is 0. The van der Waals surface area contributed by atoms with Gasteiger partial charge in [0.1, 0.15) is 11.9 Å². The summed E-state index contributed by atoms with van der Waals surface area (Å²) in [6.45, 7) is 3.68. The first kappa shape index (κ1) is 15.0. The lowest BCUT2D eigenvalue weighted by Crippen LogP contribution is -2.20. The van der Waals surface area contributed by atoms with Crippen LogP contribution in [0.1, 0.15) is 23.1 Å². The normalized spacial score (nSPS) is 14.3. The number of rotatable bonds is 4. The maximum absolute atomic E-state index is 13.3. The second-order valence-corrected chi connectivity index (χ2v) is 5.12. The molecule has 2 rings (SSSR count). The van der Waals surface area contributed by atoms with E-state index in [4.69, 9.17) is 11.6 Å². The highest BCUT2D eigenvalue weighted by molar-refractivity contribution is 6.18. The Morgan fingerprint density at radius 3 is 2.55 bits per heavy atom. The first-order valence-corrected chi connectivity index (χ1v) is 6.86. The monoisotopic (exact) mass is 297 g/mol. The molecule has 0 amide bonds. The van der Waals surface area contributed by atoms with Crippen molar-refractivity contribution in [1.29, 1.82) is 0 Å². The molecule has 0 spiro atoms. The lowest BCUT2D eigenvalue weighted by molar-refractivity contribution is 0.0323. The van der Waals surface area contributed by atoms with Crippen molar-refractivity contribution < 1.29 is 14.6 Å².